The molecule has 4 bridgehead atoms. The van der Waals surface area contributed by atoms with Crippen molar-refractivity contribution in [1.29, 1.82) is 0 Å². The molecule has 1 N–H and O–H groups in total. The molecule has 6 atom stereocenters. The fraction of sp³-hybridized carbons (Fsp3) is 1.00. The lowest BCUT2D eigenvalue weighted by molar-refractivity contribution is 0.00498. The maximum Gasteiger partial charge on any atom is 0.0170 e. The van der Waals surface area contributed by atoms with Crippen molar-refractivity contribution in [3.05, 3.63) is 0 Å². The average Bonchev–Trinajstić information content (AvgIpc) is 2.85. The van der Waals surface area contributed by atoms with Crippen LogP contribution in [0.2, 0.25) is 0 Å². The van der Waals surface area contributed by atoms with Gasteiger partial charge in [-0.25, -0.2) is 0 Å². The smallest absolute Gasteiger partial charge is 0.0170 e. The molecule has 2 aliphatic heterocycles. The predicted molar refractivity (Wildman–Crippen MR) is 81.6 cm³/mol. The minimum atomic E-state index is 0.821. The van der Waals surface area contributed by atoms with E-state index in [1.165, 1.54) is 32.1 Å². The predicted octanol–water partition coefficient (Wildman–Crippen LogP) is 3.03. The van der Waals surface area contributed by atoms with Crippen molar-refractivity contribution in [3.63, 3.8) is 0 Å². The van der Waals surface area contributed by atoms with Crippen molar-refractivity contribution < 1.29 is 0 Å². The molecule has 0 spiro atoms. The van der Waals surface area contributed by atoms with Crippen molar-refractivity contribution in [2.75, 3.05) is 6.54 Å². The first-order valence-corrected chi connectivity index (χ1v) is 9.37. The van der Waals surface area contributed by atoms with Crippen LogP contribution in [0.25, 0.3) is 0 Å². The van der Waals surface area contributed by atoms with Gasteiger partial charge in [0.1, 0.15) is 0 Å². The normalized spacial score (nSPS) is 56.9. The number of hydrogen-bond donors (Lipinski definition) is 1. The Kier molecular flexibility index (Phi) is 2.78. The molecular weight excluding hydrogens is 244 g/mol. The maximum atomic E-state index is 3.75. The molecule has 5 fully saturated rings. The number of piperidine rings is 2. The Balaban J connectivity index is 1.35. The topological polar surface area (TPSA) is 15.3 Å². The highest BCUT2D eigenvalue weighted by Crippen LogP contribution is 2.68. The van der Waals surface area contributed by atoms with Crippen molar-refractivity contribution in [2.45, 2.75) is 82.5 Å². The quantitative estimate of drug-likeness (QED) is 0.851. The molecule has 20 heavy (non-hydrogen) atoms. The second-order valence-corrected chi connectivity index (χ2v) is 8.39. The minimum absolute atomic E-state index is 0.821. The van der Waals surface area contributed by atoms with Gasteiger partial charge in [0.25, 0.3) is 0 Å². The lowest BCUT2D eigenvalue weighted by Gasteiger charge is -2.50. The van der Waals surface area contributed by atoms with Crippen LogP contribution in [-0.4, -0.2) is 35.6 Å². The fourth-order valence-corrected chi connectivity index (χ4v) is 7.04. The summed E-state index contributed by atoms with van der Waals surface area (Å²) in [7, 11) is 0. The first-order chi connectivity index (χ1) is 9.86. The summed E-state index contributed by atoms with van der Waals surface area (Å²) in [4.78, 5) is 3.08. The van der Waals surface area contributed by atoms with Crippen LogP contribution in [-0.2, 0) is 0 Å². The van der Waals surface area contributed by atoms with E-state index in [0.717, 1.165) is 54.4 Å². The number of fused-ring (bicyclic) bond motifs is 7. The van der Waals surface area contributed by atoms with Crippen LogP contribution in [0.5, 0.6) is 0 Å². The van der Waals surface area contributed by atoms with E-state index in [2.05, 4.69) is 17.1 Å². The number of nitrogens with one attached hydrogen (secondary N) is 1. The van der Waals surface area contributed by atoms with Gasteiger partial charge in [-0.3, -0.25) is 4.90 Å². The number of hydrogen-bond acceptors (Lipinski definition) is 2. The summed E-state index contributed by atoms with van der Waals surface area (Å²) in [6, 6.07) is 3.73. The van der Waals surface area contributed by atoms with Gasteiger partial charge < -0.3 is 5.32 Å². The molecule has 0 aromatic rings. The molecule has 2 heteroatoms. The molecule has 5 aliphatic rings. The zero-order valence-electron chi connectivity index (χ0n) is 12.9. The van der Waals surface area contributed by atoms with Gasteiger partial charge in [-0.05, 0) is 75.2 Å². The third-order valence-electron chi connectivity index (χ3n) is 7.56. The fourth-order valence-electron chi connectivity index (χ4n) is 7.04. The molecule has 0 aromatic heterocycles. The molecule has 0 amide bonds. The number of rotatable bonds is 3. The number of nitrogens with zero attached hydrogens (tertiary/aromatic N) is 1. The van der Waals surface area contributed by atoms with Gasteiger partial charge in [0.2, 0.25) is 0 Å². The first-order valence-electron chi connectivity index (χ1n) is 9.37. The molecule has 112 valence electrons. The highest BCUT2D eigenvalue weighted by molar-refractivity contribution is 5.19. The van der Waals surface area contributed by atoms with Crippen LogP contribution in [0.3, 0.4) is 0 Å². The molecule has 2 nitrogen and oxygen atoms in total. The Hall–Kier alpha value is -0.0800. The van der Waals surface area contributed by atoms with Crippen LogP contribution in [0, 0.1) is 23.7 Å². The molecule has 2 heterocycles. The Bertz CT molecular complexity index is 365. The highest BCUT2D eigenvalue weighted by atomic mass is 15.3. The van der Waals surface area contributed by atoms with Gasteiger partial charge in [-0.15, -0.1) is 0 Å². The van der Waals surface area contributed by atoms with Gasteiger partial charge in [0.15, 0.2) is 0 Å². The standard InChI is InChI=1S/C18H30N2/c1-2-19-13-9-14-4-3-5-15(10-13)20(14)18-16-11-6-7-12(8-11)17(16)18/h11-19H,2-10H2,1H3. The van der Waals surface area contributed by atoms with Gasteiger partial charge in [0.05, 0.1) is 0 Å². The molecule has 6 unspecified atom stereocenters. The van der Waals surface area contributed by atoms with Gasteiger partial charge in [0, 0.05) is 24.2 Å². The van der Waals surface area contributed by atoms with Gasteiger partial charge in [-0.1, -0.05) is 13.3 Å². The van der Waals surface area contributed by atoms with E-state index in [1.54, 1.807) is 19.3 Å². The van der Waals surface area contributed by atoms with E-state index in [9.17, 15) is 0 Å². The van der Waals surface area contributed by atoms with E-state index in [4.69, 9.17) is 0 Å². The molecule has 2 saturated heterocycles. The largest absolute Gasteiger partial charge is 0.314 e. The average molecular weight is 274 g/mol. The molecule has 3 aliphatic carbocycles. The second kappa shape index (κ2) is 4.46. The van der Waals surface area contributed by atoms with Crippen LogP contribution in [0.15, 0.2) is 0 Å². The molecule has 0 aromatic carbocycles. The zero-order valence-corrected chi connectivity index (χ0v) is 12.9. The Morgan fingerprint density at radius 2 is 1.55 bits per heavy atom. The van der Waals surface area contributed by atoms with Crippen molar-refractivity contribution in [3.8, 4) is 0 Å². The summed E-state index contributed by atoms with van der Waals surface area (Å²) in [5.74, 6) is 4.57. The second-order valence-electron chi connectivity index (χ2n) is 8.39. The lowest BCUT2D eigenvalue weighted by atomic mass is 9.81. The molecule has 3 saturated carbocycles. The molecular formula is C18H30N2. The SMILES string of the molecule is CCNC1CC2CCCC(C1)N2C1C2C3CCC(C3)C21. The van der Waals surface area contributed by atoms with Crippen LogP contribution < -0.4 is 5.32 Å². The lowest BCUT2D eigenvalue weighted by Crippen LogP contribution is -2.57. The first kappa shape index (κ1) is 12.5. The van der Waals surface area contributed by atoms with E-state index in [-0.39, 0.29) is 0 Å². The Morgan fingerprint density at radius 1 is 0.900 bits per heavy atom. The third kappa shape index (κ3) is 1.64. The monoisotopic (exact) mass is 274 g/mol. The van der Waals surface area contributed by atoms with Gasteiger partial charge in [-0.2, -0.15) is 0 Å². The van der Waals surface area contributed by atoms with Crippen molar-refractivity contribution in [1.82, 2.24) is 10.2 Å². The summed E-state index contributed by atoms with van der Waals surface area (Å²) < 4.78 is 0. The van der Waals surface area contributed by atoms with Crippen molar-refractivity contribution in [2.24, 2.45) is 23.7 Å². The molecule has 0 radical (unpaired) electrons. The van der Waals surface area contributed by atoms with Crippen LogP contribution in [0.4, 0.5) is 0 Å². The van der Waals surface area contributed by atoms with Gasteiger partial charge >= 0.3 is 0 Å². The summed E-state index contributed by atoms with van der Waals surface area (Å²) in [6.07, 6.45) is 12.1. The highest BCUT2D eigenvalue weighted by Gasteiger charge is 2.68. The zero-order chi connectivity index (χ0) is 13.3. The molecule has 5 rings (SSSR count). The summed E-state index contributed by atoms with van der Waals surface area (Å²) in [6.45, 7) is 3.42. The van der Waals surface area contributed by atoms with E-state index in [0.29, 0.717) is 0 Å². The Morgan fingerprint density at radius 3 is 2.15 bits per heavy atom. The van der Waals surface area contributed by atoms with Crippen LogP contribution >= 0.6 is 0 Å². The summed E-state index contributed by atoms with van der Waals surface area (Å²) in [5, 5.41) is 3.75. The van der Waals surface area contributed by atoms with Crippen molar-refractivity contribution >= 4 is 0 Å². The Labute approximate surface area is 123 Å². The van der Waals surface area contributed by atoms with E-state index >= 15 is 0 Å². The van der Waals surface area contributed by atoms with Crippen LogP contribution in [0.1, 0.15) is 58.3 Å². The summed E-state index contributed by atoms with van der Waals surface area (Å²) >= 11 is 0. The van der Waals surface area contributed by atoms with E-state index in [1.807, 2.05) is 0 Å². The maximum absolute atomic E-state index is 3.75. The summed E-state index contributed by atoms with van der Waals surface area (Å²) in [5.41, 5.74) is 0. The van der Waals surface area contributed by atoms with E-state index < -0.39 is 0 Å². The minimum Gasteiger partial charge on any atom is -0.314 e. The third-order valence-corrected chi connectivity index (χ3v) is 7.56.